The predicted molar refractivity (Wildman–Crippen MR) is 100 cm³/mol. The standard InChI is InChI=1S/C20H30N2O4/c1-19(2,3)26-18(24)22-12-10-20(4,11-13-22)21-17(23)14-15-6-8-16(25-5)9-7-15/h6-9H,10-14H2,1-5H3,(H,21,23). The van der Waals surface area contributed by atoms with Crippen LogP contribution in [0.3, 0.4) is 0 Å². The van der Waals surface area contributed by atoms with Gasteiger partial charge in [0, 0.05) is 18.6 Å². The fourth-order valence-corrected chi connectivity index (χ4v) is 2.94. The van der Waals surface area contributed by atoms with E-state index >= 15 is 0 Å². The molecule has 1 saturated heterocycles. The first kappa shape index (κ1) is 20.1. The molecule has 0 spiro atoms. The Morgan fingerprint density at radius 3 is 2.23 bits per heavy atom. The van der Waals surface area contributed by atoms with E-state index in [4.69, 9.17) is 9.47 Å². The quantitative estimate of drug-likeness (QED) is 0.893. The van der Waals surface area contributed by atoms with Crippen molar-refractivity contribution in [2.45, 2.75) is 58.1 Å². The van der Waals surface area contributed by atoms with Gasteiger partial charge in [0.15, 0.2) is 0 Å². The Balaban J connectivity index is 1.84. The zero-order chi connectivity index (χ0) is 19.4. The van der Waals surface area contributed by atoms with Gasteiger partial charge in [0.25, 0.3) is 0 Å². The van der Waals surface area contributed by atoms with Crippen LogP contribution in [0.5, 0.6) is 5.75 Å². The number of carbonyl (C=O) groups is 2. The highest BCUT2D eigenvalue weighted by atomic mass is 16.6. The third kappa shape index (κ3) is 5.93. The molecule has 144 valence electrons. The first-order valence-corrected chi connectivity index (χ1v) is 9.02. The maximum atomic E-state index is 12.4. The van der Waals surface area contributed by atoms with Gasteiger partial charge in [-0.1, -0.05) is 12.1 Å². The van der Waals surface area contributed by atoms with Crippen LogP contribution in [-0.2, 0) is 16.0 Å². The Morgan fingerprint density at radius 2 is 1.73 bits per heavy atom. The van der Waals surface area contributed by atoms with Crippen molar-refractivity contribution in [3.05, 3.63) is 29.8 Å². The minimum absolute atomic E-state index is 0.0108. The van der Waals surface area contributed by atoms with Crippen molar-refractivity contribution in [3.63, 3.8) is 0 Å². The lowest BCUT2D eigenvalue weighted by Crippen LogP contribution is -2.55. The SMILES string of the molecule is COc1ccc(CC(=O)NC2(C)CCN(C(=O)OC(C)(C)C)CC2)cc1. The average Bonchev–Trinajstić information content (AvgIpc) is 2.54. The highest BCUT2D eigenvalue weighted by molar-refractivity contribution is 5.79. The molecule has 1 fully saturated rings. The molecule has 0 radical (unpaired) electrons. The molecule has 6 heteroatoms. The van der Waals surface area contributed by atoms with E-state index in [2.05, 4.69) is 5.32 Å². The molecule has 1 aromatic rings. The summed E-state index contributed by atoms with van der Waals surface area (Å²) < 4.78 is 10.5. The van der Waals surface area contributed by atoms with Crippen molar-refractivity contribution in [1.82, 2.24) is 10.2 Å². The summed E-state index contributed by atoms with van der Waals surface area (Å²) >= 11 is 0. The largest absolute Gasteiger partial charge is 0.497 e. The second-order valence-corrected chi connectivity index (χ2v) is 8.10. The molecule has 1 aliphatic rings. The molecule has 2 rings (SSSR count). The monoisotopic (exact) mass is 362 g/mol. The van der Waals surface area contributed by atoms with E-state index in [1.165, 1.54) is 0 Å². The number of methoxy groups -OCH3 is 1. The van der Waals surface area contributed by atoms with Gasteiger partial charge >= 0.3 is 6.09 Å². The summed E-state index contributed by atoms with van der Waals surface area (Å²) in [7, 11) is 1.62. The number of benzene rings is 1. The number of amides is 2. The molecule has 0 aromatic heterocycles. The molecule has 6 nitrogen and oxygen atoms in total. The van der Waals surface area contributed by atoms with E-state index in [9.17, 15) is 9.59 Å². The normalized spacial score (nSPS) is 16.7. The van der Waals surface area contributed by atoms with Gasteiger partial charge < -0.3 is 19.7 Å². The molecule has 1 heterocycles. The smallest absolute Gasteiger partial charge is 0.410 e. The summed E-state index contributed by atoms with van der Waals surface area (Å²) in [4.78, 5) is 26.3. The van der Waals surface area contributed by atoms with E-state index in [1.807, 2.05) is 52.0 Å². The minimum atomic E-state index is -0.496. The van der Waals surface area contributed by atoms with Gasteiger partial charge in [-0.3, -0.25) is 4.79 Å². The van der Waals surface area contributed by atoms with Crippen molar-refractivity contribution in [1.29, 1.82) is 0 Å². The number of nitrogens with one attached hydrogen (secondary N) is 1. The van der Waals surface area contributed by atoms with Gasteiger partial charge in [-0.05, 0) is 58.2 Å². The Morgan fingerprint density at radius 1 is 1.15 bits per heavy atom. The number of piperidine rings is 1. The van der Waals surface area contributed by atoms with Crippen molar-refractivity contribution in [2.75, 3.05) is 20.2 Å². The lowest BCUT2D eigenvalue weighted by molar-refractivity contribution is -0.122. The van der Waals surface area contributed by atoms with Crippen molar-refractivity contribution >= 4 is 12.0 Å². The van der Waals surface area contributed by atoms with Crippen LogP contribution >= 0.6 is 0 Å². The van der Waals surface area contributed by atoms with Crippen LogP contribution in [0.1, 0.15) is 46.1 Å². The molecule has 2 amide bonds. The van der Waals surface area contributed by atoms with Gasteiger partial charge in [-0.25, -0.2) is 4.79 Å². The van der Waals surface area contributed by atoms with E-state index in [-0.39, 0.29) is 17.5 Å². The number of hydrogen-bond acceptors (Lipinski definition) is 4. The van der Waals surface area contributed by atoms with Crippen LogP contribution in [0.15, 0.2) is 24.3 Å². The first-order chi connectivity index (χ1) is 12.1. The molecule has 0 saturated carbocycles. The number of hydrogen-bond donors (Lipinski definition) is 1. The first-order valence-electron chi connectivity index (χ1n) is 9.02. The number of rotatable bonds is 4. The van der Waals surface area contributed by atoms with Gasteiger partial charge in [0.05, 0.1) is 13.5 Å². The number of likely N-dealkylation sites (tertiary alicyclic amines) is 1. The summed E-state index contributed by atoms with van der Waals surface area (Å²) in [6.45, 7) is 8.77. The topological polar surface area (TPSA) is 67.9 Å². The Hall–Kier alpha value is -2.24. The Labute approximate surface area is 155 Å². The van der Waals surface area contributed by atoms with Crippen molar-refractivity contribution in [2.24, 2.45) is 0 Å². The predicted octanol–water partition coefficient (Wildman–Crippen LogP) is 3.14. The lowest BCUT2D eigenvalue weighted by Gasteiger charge is -2.40. The fourth-order valence-electron chi connectivity index (χ4n) is 2.94. The number of ether oxygens (including phenoxy) is 2. The van der Waals surface area contributed by atoms with Gasteiger partial charge in [0.1, 0.15) is 11.4 Å². The van der Waals surface area contributed by atoms with Crippen molar-refractivity contribution < 1.29 is 19.1 Å². The summed E-state index contributed by atoms with van der Waals surface area (Å²) in [6.07, 6.45) is 1.46. The van der Waals surface area contributed by atoms with Gasteiger partial charge in [-0.15, -0.1) is 0 Å². The maximum absolute atomic E-state index is 12.4. The third-order valence-electron chi connectivity index (χ3n) is 4.48. The fraction of sp³-hybridized carbons (Fsp3) is 0.600. The van der Waals surface area contributed by atoms with Crippen LogP contribution in [-0.4, -0.2) is 48.2 Å². The van der Waals surface area contributed by atoms with E-state index in [0.717, 1.165) is 11.3 Å². The highest BCUT2D eigenvalue weighted by Gasteiger charge is 2.34. The van der Waals surface area contributed by atoms with Crippen molar-refractivity contribution in [3.8, 4) is 5.75 Å². The summed E-state index contributed by atoms with van der Waals surface area (Å²) in [5.74, 6) is 0.763. The van der Waals surface area contributed by atoms with Crippen LogP contribution in [0.2, 0.25) is 0 Å². The zero-order valence-corrected chi connectivity index (χ0v) is 16.4. The van der Waals surface area contributed by atoms with Gasteiger partial charge in [-0.2, -0.15) is 0 Å². The Bertz CT molecular complexity index is 626. The van der Waals surface area contributed by atoms with Crippen LogP contribution in [0.25, 0.3) is 0 Å². The molecule has 0 bridgehead atoms. The molecule has 0 aliphatic carbocycles. The second kappa shape index (κ2) is 7.98. The third-order valence-corrected chi connectivity index (χ3v) is 4.48. The lowest BCUT2D eigenvalue weighted by atomic mass is 9.89. The second-order valence-electron chi connectivity index (χ2n) is 8.10. The molecular formula is C20H30N2O4. The van der Waals surface area contributed by atoms with Crippen LogP contribution in [0.4, 0.5) is 4.79 Å². The molecule has 1 N–H and O–H groups in total. The molecule has 0 unspecified atom stereocenters. The van der Waals surface area contributed by atoms with E-state index in [1.54, 1.807) is 12.0 Å². The molecule has 1 aromatic carbocycles. The van der Waals surface area contributed by atoms with Gasteiger partial charge in [0.2, 0.25) is 5.91 Å². The Kier molecular flexibility index (Phi) is 6.16. The maximum Gasteiger partial charge on any atom is 0.410 e. The van der Waals surface area contributed by atoms with E-state index < -0.39 is 5.60 Å². The molecule has 0 atom stereocenters. The number of carbonyl (C=O) groups excluding carboxylic acids is 2. The van der Waals surface area contributed by atoms with Crippen LogP contribution < -0.4 is 10.1 Å². The molecular weight excluding hydrogens is 332 g/mol. The summed E-state index contributed by atoms with van der Waals surface area (Å²) in [5.41, 5.74) is 0.144. The van der Waals surface area contributed by atoms with E-state index in [0.29, 0.717) is 32.4 Å². The average molecular weight is 362 g/mol. The molecule has 26 heavy (non-hydrogen) atoms. The van der Waals surface area contributed by atoms with Crippen LogP contribution in [0, 0.1) is 0 Å². The highest BCUT2D eigenvalue weighted by Crippen LogP contribution is 2.23. The molecule has 1 aliphatic heterocycles. The minimum Gasteiger partial charge on any atom is -0.497 e. The summed E-state index contributed by atoms with van der Waals surface area (Å²) in [6, 6.07) is 7.49. The summed E-state index contributed by atoms with van der Waals surface area (Å²) in [5, 5.41) is 3.13. The zero-order valence-electron chi connectivity index (χ0n) is 16.4. The number of nitrogens with zero attached hydrogens (tertiary/aromatic N) is 1.